The fourth-order valence-corrected chi connectivity index (χ4v) is 1.68. The van der Waals surface area contributed by atoms with Crippen molar-refractivity contribution in [1.82, 2.24) is 5.59 Å². The van der Waals surface area contributed by atoms with Crippen molar-refractivity contribution >= 4 is 17.7 Å². The maximum absolute atomic E-state index is 10.8. The molecule has 5 nitrogen and oxygen atoms in total. The van der Waals surface area contributed by atoms with Crippen LogP contribution in [0.3, 0.4) is 0 Å². The van der Waals surface area contributed by atoms with Crippen LogP contribution < -0.4 is 11.4 Å². The number of carbonyl (C=O) groups excluding carboxylic acids is 1. The van der Waals surface area contributed by atoms with Crippen LogP contribution in [0.4, 0.5) is 0 Å². The predicted octanol–water partition coefficient (Wildman–Crippen LogP) is -0.198. The first kappa shape index (κ1) is 12.7. The Morgan fingerprint density at radius 2 is 2.46 bits per heavy atom. The number of aliphatic hydroxyl groups is 1. The third kappa shape index (κ3) is 8.04. The third-order valence-electron chi connectivity index (χ3n) is 1.42. The van der Waals surface area contributed by atoms with Gasteiger partial charge in [-0.05, 0) is 6.42 Å². The number of carbonyl (C=O) groups is 1. The minimum atomic E-state index is -0.369. The SMILES string of the molecule is CC(CCO)SCCC(=O)ONN. The zero-order valence-corrected chi connectivity index (χ0v) is 8.47. The second-order valence-corrected chi connectivity index (χ2v) is 4.08. The highest BCUT2D eigenvalue weighted by Crippen LogP contribution is 2.14. The lowest BCUT2D eigenvalue weighted by atomic mass is 10.3. The highest BCUT2D eigenvalue weighted by molar-refractivity contribution is 7.99. The normalized spacial score (nSPS) is 12.5. The van der Waals surface area contributed by atoms with E-state index in [9.17, 15) is 4.79 Å². The van der Waals surface area contributed by atoms with E-state index in [1.54, 1.807) is 11.8 Å². The van der Waals surface area contributed by atoms with Crippen LogP contribution in [0.15, 0.2) is 0 Å². The Kier molecular flexibility index (Phi) is 8.11. The molecule has 0 spiro atoms. The third-order valence-corrected chi connectivity index (χ3v) is 2.66. The highest BCUT2D eigenvalue weighted by Gasteiger charge is 2.05. The van der Waals surface area contributed by atoms with Crippen molar-refractivity contribution in [2.75, 3.05) is 12.4 Å². The first-order valence-electron chi connectivity index (χ1n) is 4.08. The van der Waals surface area contributed by atoms with Crippen molar-refractivity contribution in [3.63, 3.8) is 0 Å². The molecule has 0 saturated heterocycles. The molecule has 6 heteroatoms. The van der Waals surface area contributed by atoms with Crippen molar-refractivity contribution in [3.05, 3.63) is 0 Å². The number of hydrogen-bond acceptors (Lipinski definition) is 6. The molecule has 0 aliphatic heterocycles. The Hall–Kier alpha value is -0.300. The maximum Gasteiger partial charge on any atom is 0.327 e. The molecule has 0 aliphatic carbocycles. The second-order valence-electron chi connectivity index (χ2n) is 2.54. The Labute approximate surface area is 81.9 Å². The van der Waals surface area contributed by atoms with Crippen molar-refractivity contribution in [3.8, 4) is 0 Å². The van der Waals surface area contributed by atoms with E-state index in [1.165, 1.54) is 0 Å². The molecule has 0 radical (unpaired) electrons. The Morgan fingerprint density at radius 3 is 3.00 bits per heavy atom. The smallest absolute Gasteiger partial charge is 0.327 e. The van der Waals surface area contributed by atoms with Gasteiger partial charge in [-0.3, -0.25) is 4.79 Å². The van der Waals surface area contributed by atoms with Gasteiger partial charge in [0.25, 0.3) is 0 Å². The van der Waals surface area contributed by atoms with E-state index >= 15 is 0 Å². The minimum absolute atomic E-state index is 0.184. The summed E-state index contributed by atoms with van der Waals surface area (Å²) in [6.45, 7) is 2.19. The van der Waals surface area contributed by atoms with E-state index in [0.29, 0.717) is 17.4 Å². The number of hydrazine groups is 1. The minimum Gasteiger partial charge on any atom is -0.396 e. The van der Waals surface area contributed by atoms with Crippen LogP contribution in [-0.4, -0.2) is 28.7 Å². The van der Waals surface area contributed by atoms with E-state index in [0.717, 1.165) is 6.42 Å². The summed E-state index contributed by atoms with van der Waals surface area (Å²) in [5.74, 6) is 5.09. The molecule has 0 fully saturated rings. The van der Waals surface area contributed by atoms with E-state index in [-0.39, 0.29) is 12.6 Å². The Balaban J connectivity index is 3.28. The fourth-order valence-electron chi connectivity index (χ4n) is 0.725. The summed E-state index contributed by atoms with van der Waals surface area (Å²) in [7, 11) is 0. The summed E-state index contributed by atoms with van der Waals surface area (Å²) in [4.78, 5) is 15.1. The number of nitrogens with one attached hydrogen (secondary N) is 1. The van der Waals surface area contributed by atoms with Gasteiger partial charge in [0.05, 0.1) is 6.42 Å². The molecule has 1 unspecified atom stereocenters. The first-order chi connectivity index (χ1) is 6.20. The predicted molar refractivity (Wildman–Crippen MR) is 51.7 cm³/mol. The molecular formula is C7H16N2O3S. The van der Waals surface area contributed by atoms with Gasteiger partial charge in [0.15, 0.2) is 0 Å². The Morgan fingerprint density at radius 1 is 1.77 bits per heavy atom. The lowest BCUT2D eigenvalue weighted by Gasteiger charge is -2.08. The van der Waals surface area contributed by atoms with Crippen LogP contribution in [0.5, 0.6) is 0 Å². The van der Waals surface area contributed by atoms with Gasteiger partial charge < -0.3 is 9.94 Å². The van der Waals surface area contributed by atoms with Gasteiger partial charge >= 0.3 is 5.97 Å². The summed E-state index contributed by atoms with van der Waals surface area (Å²) in [5, 5.41) is 8.96. The molecule has 0 rings (SSSR count). The van der Waals surface area contributed by atoms with Crippen LogP contribution in [0.25, 0.3) is 0 Å². The van der Waals surface area contributed by atoms with E-state index < -0.39 is 0 Å². The number of nitrogens with two attached hydrogens (primary N) is 1. The van der Waals surface area contributed by atoms with Crippen LogP contribution in [0, 0.1) is 0 Å². The van der Waals surface area contributed by atoms with Gasteiger partial charge in [-0.25, -0.2) is 5.84 Å². The monoisotopic (exact) mass is 208 g/mol. The molecule has 0 aromatic carbocycles. The number of thioether (sulfide) groups is 1. The van der Waals surface area contributed by atoms with Gasteiger partial charge in [-0.1, -0.05) is 12.5 Å². The quantitative estimate of drug-likeness (QED) is 0.397. The lowest BCUT2D eigenvalue weighted by Crippen LogP contribution is -2.26. The standard InChI is InChI=1S/C7H16N2O3S/c1-6(2-4-10)13-5-3-7(11)12-9-8/h6,9-10H,2-5,8H2,1H3. The molecule has 0 aromatic heterocycles. The fraction of sp³-hybridized carbons (Fsp3) is 0.857. The van der Waals surface area contributed by atoms with Crippen molar-refractivity contribution < 1.29 is 14.7 Å². The largest absolute Gasteiger partial charge is 0.396 e. The maximum atomic E-state index is 10.8. The molecule has 0 saturated carbocycles. The molecule has 0 aromatic rings. The molecule has 0 heterocycles. The van der Waals surface area contributed by atoms with E-state index in [1.807, 2.05) is 12.5 Å². The molecule has 0 bridgehead atoms. The van der Waals surface area contributed by atoms with Gasteiger partial charge in [-0.15, -0.1) is 0 Å². The summed E-state index contributed by atoms with van der Waals surface area (Å²) >= 11 is 1.63. The molecular weight excluding hydrogens is 192 g/mol. The molecule has 78 valence electrons. The lowest BCUT2D eigenvalue weighted by molar-refractivity contribution is -0.150. The van der Waals surface area contributed by atoms with Crippen LogP contribution >= 0.6 is 11.8 Å². The summed E-state index contributed by atoms with van der Waals surface area (Å²) < 4.78 is 0. The number of hydrogen-bond donors (Lipinski definition) is 3. The topological polar surface area (TPSA) is 84.6 Å². The molecule has 1 atom stereocenters. The zero-order valence-electron chi connectivity index (χ0n) is 7.66. The van der Waals surface area contributed by atoms with Crippen molar-refractivity contribution in [2.24, 2.45) is 5.84 Å². The molecule has 4 N–H and O–H groups in total. The summed E-state index contributed by atoms with van der Waals surface area (Å²) in [6.07, 6.45) is 1.07. The first-order valence-corrected chi connectivity index (χ1v) is 5.13. The zero-order chi connectivity index (χ0) is 10.1. The second kappa shape index (κ2) is 8.31. The summed E-state index contributed by atoms with van der Waals surface area (Å²) in [5.41, 5.74) is 1.83. The van der Waals surface area contributed by atoms with Crippen LogP contribution in [0.1, 0.15) is 19.8 Å². The molecule has 13 heavy (non-hydrogen) atoms. The van der Waals surface area contributed by atoms with Gasteiger partial charge in [0.2, 0.25) is 0 Å². The summed E-state index contributed by atoms with van der Waals surface area (Å²) in [6, 6.07) is 0. The average molecular weight is 208 g/mol. The molecule has 0 amide bonds. The number of aliphatic hydroxyl groups excluding tert-OH is 1. The van der Waals surface area contributed by atoms with Gasteiger partial charge in [0.1, 0.15) is 0 Å². The van der Waals surface area contributed by atoms with E-state index in [4.69, 9.17) is 10.9 Å². The van der Waals surface area contributed by atoms with Crippen molar-refractivity contribution in [2.45, 2.75) is 25.0 Å². The highest BCUT2D eigenvalue weighted by atomic mass is 32.2. The molecule has 0 aliphatic rings. The van der Waals surface area contributed by atoms with Crippen LogP contribution in [0.2, 0.25) is 0 Å². The van der Waals surface area contributed by atoms with Crippen molar-refractivity contribution in [1.29, 1.82) is 0 Å². The average Bonchev–Trinajstić information content (AvgIpc) is 2.05. The van der Waals surface area contributed by atoms with E-state index in [2.05, 4.69) is 4.84 Å². The number of rotatable bonds is 7. The van der Waals surface area contributed by atoms with Gasteiger partial charge in [0, 0.05) is 17.6 Å². The van der Waals surface area contributed by atoms with Crippen LogP contribution in [-0.2, 0) is 9.63 Å². The van der Waals surface area contributed by atoms with Gasteiger partial charge in [-0.2, -0.15) is 11.8 Å². The Bertz CT molecular complexity index is 146.